The van der Waals surface area contributed by atoms with Gasteiger partial charge in [0.15, 0.2) is 0 Å². The Kier molecular flexibility index (Phi) is 4.66. The summed E-state index contributed by atoms with van der Waals surface area (Å²) in [6.45, 7) is 6.19. The van der Waals surface area contributed by atoms with Crippen molar-refractivity contribution in [1.29, 1.82) is 0 Å². The van der Waals surface area contributed by atoms with Crippen LogP contribution in [0.4, 0.5) is 10.7 Å². The molecule has 0 radical (unpaired) electrons. The van der Waals surface area contributed by atoms with E-state index in [2.05, 4.69) is 20.7 Å². The molecule has 7 nitrogen and oxygen atoms in total. The number of nitrogens with one attached hydrogen (secondary N) is 2. The number of carbonyl (C=O) groups excluding carboxylic acids is 1. The van der Waals surface area contributed by atoms with Crippen LogP contribution >= 0.6 is 0 Å². The Morgan fingerprint density at radius 2 is 2.28 bits per heavy atom. The Balaban J connectivity index is 2.40. The molecule has 0 aliphatic carbocycles. The van der Waals surface area contributed by atoms with Gasteiger partial charge in [-0.15, -0.1) is 0 Å². The van der Waals surface area contributed by atoms with Crippen molar-refractivity contribution >= 4 is 12.0 Å². The number of nitrogens with zero attached hydrogens (tertiary/aromatic N) is 3. The van der Waals surface area contributed by atoms with Gasteiger partial charge in [0.05, 0.1) is 6.10 Å². The van der Waals surface area contributed by atoms with Crippen molar-refractivity contribution in [3.8, 4) is 0 Å². The van der Waals surface area contributed by atoms with E-state index >= 15 is 0 Å². The molecule has 3 N–H and O–H groups in total. The maximum Gasteiger partial charge on any atom is 0.321 e. The van der Waals surface area contributed by atoms with E-state index in [1.165, 1.54) is 11.0 Å². The number of urea groups is 1. The molecule has 1 aromatic heterocycles. The van der Waals surface area contributed by atoms with Gasteiger partial charge >= 0.3 is 6.03 Å². The molecule has 0 saturated heterocycles. The van der Waals surface area contributed by atoms with Crippen LogP contribution in [-0.4, -0.2) is 38.6 Å². The molecule has 1 atom stereocenters. The lowest BCUT2D eigenvalue weighted by Crippen LogP contribution is -2.38. The van der Waals surface area contributed by atoms with E-state index < -0.39 is 0 Å². The third-order valence-corrected chi connectivity index (χ3v) is 2.51. The van der Waals surface area contributed by atoms with E-state index in [1.54, 1.807) is 14.0 Å². The van der Waals surface area contributed by atoms with Crippen molar-refractivity contribution < 1.29 is 9.90 Å². The average molecular weight is 255 g/mol. The molecule has 0 fully saturated rings. The smallest absolute Gasteiger partial charge is 0.321 e. The standard InChI is InChI=1S/C11H21N5O2/c1-8(17)5-11(2,3)6-12-10(18)15-9-13-7-14-16(9)4/h7-8,17H,5-6H2,1-4H3,(H2,12,13,14,15,18). The molecule has 18 heavy (non-hydrogen) atoms. The van der Waals surface area contributed by atoms with Crippen molar-refractivity contribution in [3.63, 3.8) is 0 Å². The Morgan fingerprint density at radius 3 is 2.78 bits per heavy atom. The van der Waals surface area contributed by atoms with Crippen molar-refractivity contribution in [1.82, 2.24) is 20.1 Å². The SMILES string of the molecule is CC(O)CC(C)(C)CNC(=O)Nc1ncnn1C. The highest BCUT2D eigenvalue weighted by atomic mass is 16.3. The number of hydrogen-bond donors (Lipinski definition) is 3. The first-order chi connectivity index (χ1) is 8.30. The van der Waals surface area contributed by atoms with Crippen LogP contribution in [0.2, 0.25) is 0 Å². The number of anilines is 1. The molecule has 2 amide bonds. The lowest BCUT2D eigenvalue weighted by molar-refractivity contribution is 0.129. The summed E-state index contributed by atoms with van der Waals surface area (Å²) in [5.41, 5.74) is -0.161. The second-order valence-corrected chi connectivity index (χ2v) is 5.23. The van der Waals surface area contributed by atoms with E-state index in [4.69, 9.17) is 0 Å². The Bertz CT molecular complexity index is 400. The zero-order chi connectivity index (χ0) is 13.8. The number of aryl methyl sites for hydroxylation is 1. The largest absolute Gasteiger partial charge is 0.393 e. The molecule has 0 aliphatic rings. The predicted octanol–water partition coefficient (Wildman–Crippen LogP) is 0.734. The normalized spacial score (nSPS) is 13.2. The van der Waals surface area contributed by atoms with Crippen molar-refractivity contribution in [2.24, 2.45) is 12.5 Å². The molecule has 7 heteroatoms. The predicted molar refractivity (Wildman–Crippen MR) is 68.1 cm³/mol. The van der Waals surface area contributed by atoms with Gasteiger partial charge in [-0.3, -0.25) is 5.32 Å². The minimum absolute atomic E-state index is 0.161. The van der Waals surface area contributed by atoms with Gasteiger partial charge < -0.3 is 10.4 Å². The quantitative estimate of drug-likeness (QED) is 0.723. The summed E-state index contributed by atoms with van der Waals surface area (Å²) in [4.78, 5) is 15.5. The summed E-state index contributed by atoms with van der Waals surface area (Å²) in [6.07, 6.45) is 1.60. The van der Waals surface area contributed by atoms with Crippen molar-refractivity contribution in [3.05, 3.63) is 6.33 Å². The van der Waals surface area contributed by atoms with Gasteiger partial charge in [-0.1, -0.05) is 13.8 Å². The first-order valence-electron chi connectivity index (χ1n) is 5.87. The zero-order valence-electron chi connectivity index (χ0n) is 11.3. The number of hydrogen-bond acceptors (Lipinski definition) is 4. The van der Waals surface area contributed by atoms with E-state index in [1.807, 2.05) is 13.8 Å². The molecule has 0 saturated carbocycles. The topological polar surface area (TPSA) is 92.1 Å². The highest BCUT2D eigenvalue weighted by Gasteiger charge is 2.21. The third kappa shape index (κ3) is 4.70. The highest BCUT2D eigenvalue weighted by molar-refractivity contribution is 5.87. The van der Waals surface area contributed by atoms with Gasteiger partial charge in [0, 0.05) is 13.6 Å². The highest BCUT2D eigenvalue weighted by Crippen LogP contribution is 2.20. The molecule has 1 unspecified atom stereocenters. The summed E-state index contributed by atoms with van der Waals surface area (Å²) in [6, 6.07) is -0.329. The van der Waals surface area contributed by atoms with Crippen LogP contribution in [-0.2, 0) is 7.05 Å². The van der Waals surface area contributed by atoms with E-state index in [-0.39, 0.29) is 17.6 Å². The number of aliphatic hydroxyl groups excluding tert-OH is 1. The fraction of sp³-hybridized carbons (Fsp3) is 0.727. The Morgan fingerprint density at radius 1 is 1.61 bits per heavy atom. The zero-order valence-corrected chi connectivity index (χ0v) is 11.3. The lowest BCUT2D eigenvalue weighted by Gasteiger charge is -2.26. The Hall–Kier alpha value is -1.63. The third-order valence-electron chi connectivity index (χ3n) is 2.51. The number of amides is 2. The van der Waals surface area contributed by atoms with Crippen LogP contribution in [0.25, 0.3) is 0 Å². The molecule has 102 valence electrons. The van der Waals surface area contributed by atoms with Gasteiger partial charge in [-0.25, -0.2) is 9.48 Å². The molecule has 0 aliphatic heterocycles. The van der Waals surface area contributed by atoms with Gasteiger partial charge in [-0.05, 0) is 18.8 Å². The molecule has 0 spiro atoms. The van der Waals surface area contributed by atoms with E-state index in [9.17, 15) is 9.90 Å². The number of aromatic nitrogens is 3. The minimum atomic E-state index is -0.386. The summed E-state index contributed by atoms with van der Waals surface area (Å²) in [7, 11) is 1.69. The van der Waals surface area contributed by atoms with E-state index in [0.717, 1.165) is 0 Å². The van der Waals surface area contributed by atoms with Gasteiger partial charge in [-0.2, -0.15) is 10.1 Å². The summed E-state index contributed by atoms with van der Waals surface area (Å²) in [5.74, 6) is 0.390. The van der Waals surface area contributed by atoms with Gasteiger partial charge in [0.1, 0.15) is 6.33 Å². The van der Waals surface area contributed by atoms with Crippen molar-refractivity contribution in [2.75, 3.05) is 11.9 Å². The van der Waals surface area contributed by atoms with Crippen LogP contribution in [0, 0.1) is 5.41 Å². The fourth-order valence-corrected chi connectivity index (χ4v) is 1.75. The second kappa shape index (κ2) is 5.81. The summed E-state index contributed by atoms with van der Waals surface area (Å²) >= 11 is 0. The number of aliphatic hydroxyl groups is 1. The lowest BCUT2D eigenvalue weighted by atomic mass is 9.87. The monoisotopic (exact) mass is 255 g/mol. The van der Waals surface area contributed by atoms with Crippen LogP contribution in [0.3, 0.4) is 0 Å². The molecular weight excluding hydrogens is 234 g/mol. The van der Waals surface area contributed by atoms with Crippen LogP contribution in [0.15, 0.2) is 6.33 Å². The summed E-state index contributed by atoms with van der Waals surface area (Å²) < 4.78 is 1.47. The van der Waals surface area contributed by atoms with Crippen LogP contribution < -0.4 is 10.6 Å². The van der Waals surface area contributed by atoms with Gasteiger partial charge in [0.2, 0.25) is 5.95 Å². The molecule has 0 bridgehead atoms. The van der Waals surface area contributed by atoms with Crippen molar-refractivity contribution in [2.45, 2.75) is 33.3 Å². The van der Waals surface area contributed by atoms with Gasteiger partial charge in [0.25, 0.3) is 0 Å². The van der Waals surface area contributed by atoms with E-state index in [0.29, 0.717) is 18.9 Å². The average Bonchev–Trinajstić information content (AvgIpc) is 2.60. The first kappa shape index (κ1) is 14.4. The molecule has 0 aromatic carbocycles. The fourth-order valence-electron chi connectivity index (χ4n) is 1.75. The Labute approximate surface area is 107 Å². The maximum atomic E-state index is 11.6. The molecule has 1 aromatic rings. The second-order valence-electron chi connectivity index (χ2n) is 5.23. The molecule has 1 heterocycles. The maximum absolute atomic E-state index is 11.6. The molecular formula is C11H21N5O2. The number of rotatable bonds is 5. The number of carbonyl (C=O) groups is 1. The summed E-state index contributed by atoms with van der Waals surface area (Å²) in [5, 5.41) is 18.5. The van der Waals surface area contributed by atoms with Crippen LogP contribution in [0.5, 0.6) is 0 Å². The molecule has 1 rings (SSSR count). The minimum Gasteiger partial charge on any atom is -0.393 e. The van der Waals surface area contributed by atoms with Crippen LogP contribution in [0.1, 0.15) is 27.2 Å². The first-order valence-corrected chi connectivity index (χ1v) is 5.87.